The van der Waals surface area contributed by atoms with E-state index >= 15 is 0 Å². The zero-order valence-corrected chi connectivity index (χ0v) is 19.8. The van der Waals surface area contributed by atoms with Crippen LogP contribution in [0.4, 0.5) is 10.6 Å². The van der Waals surface area contributed by atoms with Crippen LogP contribution in [-0.2, 0) is 14.3 Å². The highest BCUT2D eigenvalue weighted by atomic mass is 35.5. The topological polar surface area (TPSA) is 159 Å². The molecule has 4 heterocycles. The van der Waals surface area contributed by atoms with Gasteiger partial charge in [0.05, 0.1) is 5.02 Å². The van der Waals surface area contributed by atoms with E-state index < -0.39 is 30.6 Å². The van der Waals surface area contributed by atoms with E-state index in [-0.39, 0.29) is 12.2 Å². The van der Waals surface area contributed by atoms with Crippen molar-refractivity contribution in [3.8, 4) is 0 Å². The lowest BCUT2D eigenvalue weighted by molar-refractivity contribution is -0.169. The van der Waals surface area contributed by atoms with E-state index in [0.29, 0.717) is 29.6 Å². The third-order valence-corrected chi connectivity index (χ3v) is 5.38. The zero-order valence-electron chi connectivity index (χ0n) is 19.0. The van der Waals surface area contributed by atoms with Gasteiger partial charge in [-0.05, 0) is 26.1 Å². The van der Waals surface area contributed by atoms with E-state index in [4.69, 9.17) is 26.6 Å². The van der Waals surface area contributed by atoms with Crippen LogP contribution in [0.25, 0.3) is 0 Å². The standard InChI is InChI=1S/C17H17ClN6O3.C4H8O4/c1-22-6-8-23(9-7-22)17(26)27-16-14-13(19-4-5-20-14)15(25)24(16)12-3-2-11(18)10-21-12;1-3(6)4(7)8-2-5/h2-5,10,16H,6-9H2,1H3;2-4,6-7H,1H3/t;3-,4-/m.0/s1. The lowest BCUT2D eigenvalue weighted by Gasteiger charge is -2.33. The van der Waals surface area contributed by atoms with Crippen molar-refractivity contribution < 1.29 is 34.1 Å². The van der Waals surface area contributed by atoms with Crippen LogP contribution >= 0.6 is 11.6 Å². The Morgan fingerprint density at radius 2 is 1.86 bits per heavy atom. The molecule has 1 saturated heterocycles. The second-order valence-corrected chi connectivity index (χ2v) is 8.13. The fraction of sp³-hybridized carbons (Fsp3) is 0.429. The summed E-state index contributed by atoms with van der Waals surface area (Å²) in [6, 6.07) is 3.20. The Hall–Kier alpha value is -3.39. The number of ether oxygens (including phenoxy) is 2. The molecule has 188 valence electrons. The van der Waals surface area contributed by atoms with Gasteiger partial charge in [0.2, 0.25) is 12.5 Å². The molecule has 2 amide bonds. The molecule has 1 fully saturated rings. The van der Waals surface area contributed by atoms with E-state index in [1.807, 2.05) is 7.05 Å². The van der Waals surface area contributed by atoms with Crippen molar-refractivity contribution in [3.05, 3.63) is 47.1 Å². The first kappa shape index (κ1) is 26.2. The molecule has 0 aromatic carbocycles. The summed E-state index contributed by atoms with van der Waals surface area (Å²) in [5, 5.41) is 17.3. The molecule has 0 radical (unpaired) electrons. The number of likely N-dealkylation sites (N-methyl/N-ethyl adjacent to an activating group) is 1. The largest absolute Gasteiger partial charge is 0.435 e. The highest BCUT2D eigenvalue weighted by molar-refractivity contribution is 6.30. The van der Waals surface area contributed by atoms with Crippen LogP contribution in [0.15, 0.2) is 30.7 Å². The molecule has 2 aliphatic rings. The van der Waals surface area contributed by atoms with Crippen LogP contribution < -0.4 is 4.90 Å². The number of amides is 2. The number of pyridine rings is 1. The van der Waals surface area contributed by atoms with Gasteiger partial charge in [0.1, 0.15) is 17.6 Å². The van der Waals surface area contributed by atoms with Crippen molar-refractivity contribution in [1.82, 2.24) is 24.8 Å². The average Bonchev–Trinajstić information content (AvgIpc) is 3.12. The molecule has 0 aliphatic carbocycles. The molecule has 0 spiro atoms. The highest BCUT2D eigenvalue weighted by Gasteiger charge is 2.44. The van der Waals surface area contributed by atoms with Gasteiger partial charge in [-0.3, -0.25) is 14.6 Å². The summed E-state index contributed by atoms with van der Waals surface area (Å²) in [5.74, 6) is -0.121. The van der Waals surface area contributed by atoms with Gasteiger partial charge in [-0.1, -0.05) is 11.6 Å². The lowest BCUT2D eigenvalue weighted by Crippen LogP contribution is -2.48. The molecule has 2 aromatic heterocycles. The van der Waals surface area contributed by atoms with Crippen LogP contribution in [0.3, 0.4) is 0 Å². The Balaban J connectivity index is 0.000000371. The molecule has 2 aromatic rings. The minimum atomic E-state index is -1.40. The minimum Gasteiger partial charge on any atom is -0.435 e. The number of hydrogen-bond donors (Lipinski definition) is 2. The number of halogens is 1. The predicted molar refractivity (Wildman–Crippen MR) is 121 cm³/mol. The van der Waals surface area contributed by atoms with Crippen LogP contribution in [0.5, 0.6) is 0 Å². The SMILES string of the molecule is CN1CCN(C(=O)OC2c3nccnc3C(=O)N2c2ccc(Cl)cn2)CC1.C[C@H](O)[C@@H](O)OC=O. The summed E-state index contributed by atoms with van der Waals surface area (Å²) in [5.41, 5.74) is 0.437. The normalized spacial score (nSPS) is 19.2. The number of carbonyl (C=O) groups is 3. The number of rotatable bonds is 5. The van der Waals surface area contributed by atoms with Gasteiger partial charge >= 0.3 is 6.09 Å². The van der Waals surface area contributed by atoms with E-state index in [1.54, 1.807) is 17.0 Å². The maximum absolute atomic E-state index is 12.8. The Bertz CT molecular complexity index is 1030. The van der Waals surface area contributed by atoms with Crippen molar-refractivity contribution in [3.63, 3.8) is 0 Å². The van der Waals surface area contributed by atoms with Gasteiger partial charge < -0.3 is 29.5 Å². The first-order chi connectivity index (χ1) is 16.7. The lowest BCUT2D eigenvalue weighted by atomic mass is 10.3. The van der Waals surface area contributed by atoms with Crippen molar-refractivity contribution >= 4 is 35.9 Å². The Morgan fingerprint density at radius 1 is 1.17 bits per heavy atom. The molecule has 14 heteroatoms. The molecular weight excluding hydrogens is 484 g/mol. The van der Waals surface area contributed by atoms with Gasteiger partial charge in [-0.25, -0.2) is 19.7 Å². The number of piperazine rings is 1. The van der Waals surface area contributed by atoms with Crippen molar-refractivity contribution in [2.24, 2.45) is 0 Å². The second-order valence-electron chi connectivity index (χ2n) is 7.69. The van der Waals surface area contributed by atoms with Crippen molar-refractivity contribution in [2.75, 3.05) is 38.1 Å². The Morgan fingerprint density at radius 3 is 2.43 bits per heavy atom. The van der Waals surface area contributed by atoms with Crippen LogP contribution in [0.2, 0.25) is 5.02 Å². The number of aromatic nitrogens is 3. The van der Waals surface area contributed by atoms with Gasteiger partial charge in [0.15, 0.2) is 5.69 Å². The summed E-state index contributed by atoms with van der Waals surface area (Å²) in [7, 11) is 2.00. The fourth-order valence-corrected chi connectivity index (χ4v) is 3.32. The highest BCUT2D eigenvalue weighted by Crippen LogP contribution is 2.35. The number of aliphatic hydroxyl groups excluding tert-OH is 2. The van der Waals surface area contributed by atoms with E-state index in [1.165, 1.54) is 30.4 Å². The second kappa shape index (κ2) is 11.8. The smallest absolute Gasteiger partial charge is 0.412 e. The average molecular weight is 509 g/mol. The molecule has 1 unspecified atom stereocenters. The Kier molecular flexibility index (Phi) is 8.87. The monoisotopic (exact) mass is 508 g/mol. The molecule has 2 N–H and O–H groups in total. The molecule has 3 atom stereocenters. The Labute approximate surface area is 205 Å². The fourth-order valence-electron chi connectivity index (χ4n) is 3.21. The van der Waals surface area contributed by atoms with Crippen LogP contribution in [0, 0.1) is 0 Å². The number of anilines is 1. The molecule has 0 saturated carbocycles. The quantitative estimate of drug-likeness (QED) is 0.426. The van der Waals surface area contributed by atoms with Crippen molar-refractivity contribution in [2.45, 2.75) is 25.5 Å². The first-order valence-corrected chi connectivity index (χ1v) is 11.0. The van der Waals surface area contributed by atoms with E-state index in [2.05, 4.69) is 24.6 Å². The third kappa shape index (κ3) is 6.39. The zero-order chi connectivity index (χ0) is 25.5. The van der Waals surface area contributed by atoms with Gasteiger partial charge in [-0.15, -0.1) is 0 Å². The van der Waals surface area contributed by atoms with Crippen LogP contribution in [-0.4, -0.2) is 99.1 Å². The molecule has 4 rings (SSSR count). The molecule has 13 nitrogen and oxygen atoms in total. The number of nitrogens with zero attached hydrogens (tertiary/aromatic N) is 6. The van der Waals surface area contributed by atoms with Gasteiger partial charge in [-0.2, -0.15) is 0 Å². The number of hydrogen-bond acceptors (Lipinski definition) is 11. The molecule has 35 heavy (non-hydrogen) atoms. The summed E-state index contributed by atoms with van der Waals surface area (Å²) in [6.07, 6.45) is 0.359. The first-order valence-electron chi connectivity index (χ1n) is 10.6. The van der Waals surface area contributed by atoms with Gasteiger partial charge in [0, 0.05) is 44.8 Å². The number of aliphatic hydroxyl groups is 2. The summed E-state index contributed by atoms with van der Waals surface area (Å²) < 4.78 is 9.61. The number of fused-ring (bicyclic) bond motifs is 1. The summed E-state index contributed by atoms with van der Waals surface area (Å²) in [4.78, 5) is 52.4. The van der Waals surface area contributed by atoms with E-state index in [9.17, 15) is 14.4 Å². The third-order valence-electron chi connectivity index (χ3n) is 5.16. The molecule has 0 bridgehead atoms. The minimum absolute atomic E-state index is 0.0807. The maximum atomic E-state index is 12.8. The van der Waals surface area contributed by atoms with Crippen molar-refractivity contribution in [1.29, 1.82) is 0 Å². The molecule has 2 aliphatic heterocycles. The summed E-state index contributed by atoms with van der Waals surface area (Å²) >= 11 is 5.89. The molecular formula is C21H25ClN6O7. The van der Waals surface area contributed by atoms with Crippen LogP contribution in [0.1, 0.15) is 29.3 Å². The predicted octanol–water partition coefficient (Wildman–Crippen LogP) is 0.427. The van der Waals surface area contributed by atoms with E-state index in [0.717, 1.165) is 13.1 Å². The van der Waals surface area contributed by atoms with Gasteiger partial charge in [0.25, 0.3) is 12.4 Å². The maximum Gasteiger partial charge on any atom is 0.412 e. The number of carbonyl (C=O) groups excluding carboxylic acids is 3. The summed E-state index contributed by atoms with van der Waals surface area (Å²) in [6.45, 7) is 4.03.